The van der Waals surface area contributed by atoms with Crippen LogP contribution in [0.4, 0.5) is 0 Å². The van der Waals surface area contributed by atoms with Gasteiger partial charge in [0.05, 0.1) is 11.5 Å². The fourth-order valence-electron chi connectivity index (χ4n) is 2.38. The zero-order chi connectivity index (χ0) is 10.9. The molecule has 0 aromatic rings. The summed E-state index contributed by atoms with van der Waals surface area (Å²) in [6, 6.07) is 0. The highest BCUT2D eigenvalue weighted by molar-refractivity contribution is 5.70. The number of hydrogen-bond donors (Lipinski definition) is 2. The summed E-state index contributed by atoms with van der Waals surface area (Å²) in [7, 11) is 0. The minimum atomic E-state index is -0.719. The Kier molecular flexibility index (Phi) is 3.20. The summed E-state index contributed by atoms with van der Waals surface area (Å²) < 4.78 is 0. The van der Waals surface area contributed by atoms with Crippen LogP contribution in [0.2, 0.25) is 0 Å². The lowest BCUT2D eigenvalue weighted by Crippen LogP contribution is -2.44. The second kappa shape index (κ2) is 3.89. The minimum Gasteiger partial charge on any atom is -0.481 e. The molecule has 1 unspecified atom stereocenters. The van der Waals surface area contributed by atoms with Crippen molar-refractivity contribution in [3.05, 3.63) is 0 Å². The molecular weight excluding hydrogens is 180 g/mol. The van der Waals surface area contributed by atoms with E-state index in [-0.39, 0.29) is 17.8 Å². The van der Waals surface area contributed by atoms with Gasteiger partial charge in [-0.2, -0.15) is 0 Å². The predicted molar refractivity (Wildman–Crippen MR) is 53.9 cm³/mol. The molecule has 3 atom stereocenters. The molecule has 0 aliphatic heterocycles. The summed E-state index contributed by atoms with van der Waals surface area (Å²) in [5, 5.41) is 19.2. The van der Waals surface area contributed by atoms with Crippen molar-refractivity contribution in [1.82, 2.24) is 0 Å². The van der Waals surface area contributed by atoms with Crippen LogP contribution in [-0.4, -0.2) is 21.8 Å². The molecular formula is C11H20O3. The fourth-order valence-corrected chi connectivity index (χ4v) is 2.38. The summed E-state index contributed by atoms with van der Waals surface area (Å²) in [5.41, 5.74) is -0.647. The molecule has 0 heterocycles. The molecule has 3 nitrogen and oxygen atoms in total. The van der Waals surface area contributed by atoms with Gasteiger partial charge in [0.1, 0.15) is 0 Å². The van der Waals surface area contributed by atoms with E-state index in [4.69, 9.17) is 5.11 Å². The van der Waals surface area contributed by atoms with Gasteiger partial charge in [-0.1, -0.05) is 20.8 Å². The van der Waals surface area contributed by atoms with Crippen LogP contribution in [0.5, 0.6) is 0 Å². The molecule has 0 saturated heterocycles. The summed E-state index contributed by atoms with van der Waals surface area (Å²) in [5.74, 6) is -0.703. The van der Waals surface area contributed by atoms with Crippen molar-refractivity contribution < 1.29 is 15.0 Å². The minimum absolute atomic E-state index is 0.0775. The van der Waals surface area contributed by atoms with Crippen LogP contribution >= 0.6 is 0 Å². The first-order valence-electron chi connectivity index (χ1n) is 5.32. The van der Waals surface area contributed by atoms with Crippen molar-refractivity contribution in [1.29, 1.82) is 0 Å². The van der Waals surface area contributed by atoms with E-state index in [2.05, 4.69) is 0 Å². The highest BCUT2D eigenvalue weighted by atomic mass is 16.4. The number of carboxylic acids is 1. The van der Waals surface area contributed by atoms with Gasteiger partial charge in [0.2, 0.25) is 0 Å². The van der Waals surface area contributed by atoms with Gasteiger partial charge in [-0.3, -0.25) is 4.79 Å². The van der Waals surface area contributed by atoms with Gasteiger partial charge in [0, 0.05) is 0 Å². The topological polar surface area (TPSA) is 57.5 Å². The molecule has 1 aliphatic carbocycles. The van der Waals surface area contributed by atoms with E-state index in [1.54, 1.807) is 0 Å². The van der Waals surface area contributed by atoms with E-state index < -0.39 is 11.6 Å². The standard InChI is InChI=1S/C11H20O3/c1-7(2)11(14)5-4-9(10(12)13)8(3)6-11/h7-9,14H,4-6H2,1-3H3,(H,12,13)/t8-,9+,11?/m1/s1. The van der Waals surface area contributed by atoms with Gasteiger partial charge >= 0.3 is 5.97 Å². The molecule has 3 heteroatoms. The van der Waals surface area contributed by atoms with Gasteiger partial charge in [-0.15, -0.1) is 0 Å². The Morgan fingerprint density at radius 2 is 2.07 bits per heavy atom. The third kappa shape index (κ3) is 2.08. The summed E-state index contributed by atoms with van der Waals surface area (Å²) in [6.07, 6.45) is 1.83. The molecule has 0 aromatic heterocycles. The highest BCUT2D eigenvalue weighted by Crippen LogP contribution is 2.40. The van der Waals surface area contributed by atoms with Crippen molar-refractivity contribution >= 4 is 5.97 Å². The van der Waals surface area contributed by atoms with Crippen molar-refractivity contribution in [3.63, 3.8) is 0 Å². The van der Waals surface area contributed by atoms with Crippen LogP contribution in [0.15, 0.2) is 0 Å². The predicted octanol–water partition coefficient (Wildman–Crippen LogP) is 1.89. The molecule has 0 radical (unpaired) electrons. The van der Waals surface area contributed by atoms with Crippen molar-refractivity contribution in [2.24, 2.45) is 17.8 Å². The van der Waals surface area contributed by atoms with Crippen molar-refractivity contribution in [2.75, 3.05) is 0 Å². The molecule has 1 rings (SSSR count). The molecule has 14 heavy (non-hydrogen) atoms. The molecule has 1 aliphatic rings. The number of aliphatic carboxylic acids is 1. The first kappa shape index (κ1) is 11.5. The largest absolute Gasteiger partial charge is 0.481 e. The quantitative estimate of drug-likeness (QED) is 0.715. The second-order valence-electron chi connectivity index (χ2n) is 4.92. The van der Waals surface area contributed by atoms with Crippen LogP contribution in [0.3, 0.4) is 0 Å². The van der Waals surface area contributed by atoms with Gasteiger partial charge in [-0.25, -0.2) is 0 Å². The van der Waals surface area contributed by atoms with Crippen LogP contribution in [0.25, 0.3) is 0 Å². The highest BCUT2D eigenvalue weighted by Gasteiger charge is 2.41. The number of hydrogen-bond acceptors (Lipinski definition) is 2. The third-order valence-corrected chi connectivity index (χ3v) is 3.64. The van der Waals surface area contributed by atoms with E-state index in [1.807, 2.05) is 20.8 Å². The SMILES string of the molecule is CC(C)C1(O)CC[C@H](C(=O)O)[C@H](C)C1. The van der Waals surface area contributed by atoms with Crippen LogP contribution < -0.4 is 0 Å². The van der Waals surface area contributed by atoms with Crippen molar-refractivity contribution in [2.45, 2.75) is 45.6 Å². The second-order valence-corrected chi connectivity index (χ2v) is 4.92. The maximum absolute atomic E-state index is 10.9. The monoisotopic (exact) mass is 200 g/mol. The Bertz CT molecular complexity index is 225. The first-order valence-corrected chi connectivity index (χ1v) is 5.32. The molecule has 1 saturated carbocycles. The summed E-state index contributed by atoms with van der Waals surface area (Å²) in [4.78, 5) is 10.9. The molecule has 1 fully saturated rings. The van der Waals surface area contributed by atoms with Gasteiger partial charge < -0.3 is 10.2 Å². The summed E-state index contributed by atoms with van der Waals surface area (Å²) in [6.45, 7) is 5.91. The zero-order valence-corrected chi connectivity index (χ0v) is 9.16. The van der Waals surface area contributed by atoms with Crippen LogP contribution in [0.1, 0.15) is 40.0 Å². The maximum atomic E-state index is 10.9. The maximum Gasteiger partial charge on any atom is 0.306 e. The van der Waals surface area contributed by atoms with Gasteiger partial charge in [0.15, 0.2) is 0 Å². The van der Waals surface area contributed by atoms with Gasteiger partial charge in [-0.05, 0) is 31.1 Å². The molecule has 0 bridgehead atoms. The van der Waals surface area contributed by atoms with E-state index in [9.17, 15) is 9.90 Å². The lowest BCUT2D eigenvalue weighted by atomic mass is 9.68. The third-order valence-electron chi connectivity index (χ3n) is 3.64. The lowest BCUT2D eigenvalue weighted by molar-refractivity contribution is -0.149. The molecule has 82 valence electrons. The Hall–Kier alpha value is -0.570. The smallest absolute Gasteiger partial charge is 0.306 e. The van der Waals surface area contributed by atoms with Crippen LogP contribution in [-0.2, 0) is 4.79 Å². The van der Waals surface area contributed by atoms with E-state index in [0.29, 0.717) is 19.3 Å². The van der Waals surface area contributed by atoms with Gasteiger partial charge in [0.25, 0.3) is 0 Å². The molecule has 0 aromatic carbocycles. The first-order chi connectivity index (χ1) is 6.37. The lowest BCUT2D eigenvalue weighted by Gasteiger charge is -2.41. The average molecular weight is 200 g/mol. The molecule has 0 amide bonds. The number of rotatable bonds is 2. The average Bonchev–Trinajstić information content (AvgIpc) is 2.02. The Morgan fingerprint density at radius 1 is 1.50 bits per heavy atom. The molecule has 2 N–H and O–H groups in total. The number of carboxylic acid groups (broad SMARTS) is 1. The Balaban J connectivity index is 2.67. The van der Waals surface area contributed by atoms with E-state index in [0.717, 1.165) is 0 Å². The summed E-state index contributed by atoms with van der Waals surface area (Å²) >= 11 is 0. The van der Waals surface area contributed by atoms with E-state index in [1.165, 1.54) is 0 Å². The van der Waals surface area contributed by atoms with E-state index >= 15 is 0 Å². The van der Waals surface area contributed by atoms with Crippen molar-refractivity contribution in [3.8, 4) is 0 Å². The normalized spacial score (nSPS) is 38.6. The van der Waals surface area contributed by atoms with Crippen LogP contribution in [0, 0.1) is 17.8 Å². The number of aliphatic hydroxyl groups is 1. The Labute approximate surface area is 85.1 Å². The molecule has 0 spiro atoms. The fraction of sp³-hybridized carbons (Fsp3) is 0.909. The Morgan fingerprint density at radius 3 is 2.43 bits per heavy atom. The number of carbonyl (C=O) groups is 1. The zero-order valence-electron chi connectivity index (χ0n) is 9.16.